The third-order valence-electron chi connectivity index (χ3n) is 5.79. The van der Waals surface area contributed by atoms with E-state index in [1.54, 1.807) is 36.4 Å². The molecule has 0 unspecified atom stereocenters. The van der Waals surface area contributed by atoms with Crippen molar-refractivity contribution in [3.8, 4) is 5.75 Å². The van der Waals surface area contributed by atoms with Crippen LogP contribution in [0.1, 0.15) is 73.4 Å². The Kier molecular flexibility index (Phi) is 8.38. The zero-order valence-electron chi connectivity index (χ0n) is 22.3. The van der Waals surface area contributed by atoms with Crippen LogP contribution in [-0.2, 0) is 15.6 Å². The van der Waals surface area contributed by atoms with Crippen molar-refractivity contribution >= 4 is 23.4 Å². The molecule has 3 N–H and O–H groups in total. The summed E-state index contributed by atoms with van der Waals surface area (Å²) < 4.78 is 5.67. The van der Waals surface area contributed by atoms with Gasteiger partial charge < -0.3 is 10.1 Å². The highest BCUT2D eigenvalue weighted by atomic mass is 16.5. The van der Waals surface area contributed by atoms with E-state index in [2.05, 4.69) is 57.7 Å². The van der Waals surface area contributed by atoms with Gasteiger partial charge in [0.05, 0.1) is 0 Å². The zero-order valence-corrected chi connectivity index (χ0v) is 22.3. The second-order valence-electron chi connectivity index (χ2n) is 10.9. The molecule has 37 heavy (non-hydrogen) atoms. The molecule has 0 aliphatic rings. The molecule has 0 atom stereocenters. The Labute approximate surface area is 218 Å². The van der Waals surface area contributed by atoms with Gasteiger partial charge in [-0.1, -0.05) is 71.9 Å². The molecule has 0 radical (unpaired) electrons. The molecule has 3 rings (SSSR count). The minimum Gasteiger partial charge on any atom is -0.483 e. The van der Waals surface area contributed by atoms with Crippen LogP contribution >= 0.6 is 0 Å². The molecule has 0 spiro atoms. The molecule has 3 aromatic rings. The van der Waals surface area contributed by atoms with Crippen LogP contribution < -0.4 is 20.9 Å². The molecule has 0 aliphatic heterocycles. The summed E-state index contributed by atoms with van der Waals surface area (Å²) in [6.45, 7) is 12.3. The standard InChI is InChI=1S/C30H35N3O4/c1-29(2,3)22-15-11-20(12-16-22)27(35)31-23-17-13-21(14-18-23)28(36)33-32-26(34)19-37-25-10-8-7-9-24(25)30(4,5)6/h7-18H,19H2,1-6H3,(H,31,35)(H,32,34)(H,33,36). The first kappa shape index (κ1) is 27.5. The van der Waals surface area contributed by atoms with Gasteiger partial charge in [0, 0.05) is 16.8 Å². The van der Waals surface area contributed by atoms with E-state index in [0.717, 1.165) is 11.1 Å². The minimum absolute atomic E-state index is 0.00951. The second-order valence-corrected chi connectivity index (χ2v) is 10.9. The van der Waals surface area contributed by atoms with Gasteiger partial charge in [-0.3, -0.25) is 25.2 Å². The van der Waals surface area contributed by atoms with Crippen molar-refractivity contribution < 1.29 is 19.1 Å². The molecule has 3 aromatic carbocycles. The highest BCUT2D eigenvalue weighted by molar-refractivity contribution is 6.04. The van der Waals surface area contributed by atoms with Gasteiger partial charge >= 0.3 is 0 Å². The van der Waals surface area contributed by atoms with Crippen LogP contribution in [0.25, 0.3) is 0 Å². The highest BCUT2D eigenvalue weighted by Gasteiger charge is 2.19. The molecular weight excluding hydrogens is 466 g/mol. The maximum Gasteiger partial charge on any atom is 0.276 e. The Bertz CT molecular complexity index is 1250. The summed E-state index contributed by atoms with van der Waals surface area (Å²) in [5.74, 6) is -0.588. The number of amides is 3. The van der Waals surface area contributed by atoms with Gasteiger partial charge in [-0.05, 0) is 64.4 Å². The van der Waals surface area contributed by atoms with Crippen LogP contribution in [0.3, 0.4) is 0 Å². The van der Waals surface area contributed by atoms with Gasteiger partial charge in [0.15, 0.2) is 6.61 Å². The van der Waals surface area contributed by atoms with Gasteiger partial charge in [-0.15, -0.1) is 0 Å². The van der Waals surface area contributed by atoms with Crippen molar-refractivity contribution in [1.82, 2.24) is 10.9 Å². The van der Waals surface area contributed by atoms with Crippen molar-refractivity contribution in [2.24, 2.45) is 0 Å². The van der Waals surface area contributed by atoms with Crippen LogP contribution in [0.4, 0.5) is 5.69 Å². The fourth-order valence-corrected chi connectivity index (χ4v) is 3.62. The highest BCUT2D eigenvalue weighted by Crippen LogP contribution is 2.30. The van der Waals surface area contributed by atoms with Crippen molar-refractivity contribution in [2.75, 3.05) is 11.9 Å². The number of benzene rings is 3. The average Bonchev–Trinajstić information content (AvgIpc) is 2.85. The third kappa shape index (κ3) is 7.67. The number of carbonyl (C=O) groups is 3. The Morgan fingerprint density at radius 3 is 1.84 bits per heavy atom. The summed E-state index contributed by atoms with van der Waals surface area (Å²) in [5, 5.41) is 2.82. The lowest BCUT2D eigenvalue weighted by Crippen LogP contribution is -2.43. The van der Waals surface area contributed by atoms with E-state index in [9.17, 15) is 14.4 Å². The first-order valence-corrected chi connectivity index (χ1v) is 12.2. The molecular formula is C30H35N3O4. The van der Waals surface area contributed by atoms with Crippen LogP contribution in [0.2, 0.25) is 0 Å². The first-order chi connectivity index (χ1) is 17.3. The van der Waals surface area contributed by atoms with Crippen LogP contribution in [0, 0.1) is 0 Å². The number of nitrogens with one attached hydrogen (secondary N) is 3. The van der Waals surface area contributed by atoms with E-state index in [1.165, 1.54) is 0 Å². The lowest BCUT2D eigenvalue weighted by atomic mass is 9.86. The first-order valence-electron chi connectivity index (χ1n) is 12.2. The van der Waals surface area contributed by atoms with Crippen molar-refractivity contribution in [1.29, 1.82) is 0 Å². The second kappa shape index (κ2) is 11.3. The smallest absolute Gasteiger partial charge is 0.276 e. The summed E-state index contributed by atoms with van der Waals surface area (Å²) in [7, 11) is 0. The lowest BCUT2D eigenvalue weighted by molar-refractivity contribution is -0.123. The van der Waals surface area contributed by atoms with Gasteiger partial charge in [0.25, 0.3) is 17.7 Å². The SMILES string of the molecule is CC(C)(C)c1ccc(C(=O)Nc2ccc(C(=O)NNC(=O)COc3ccccc3C(C)(C)C)cc2)cc1. The van der Waals surface area contributed by atoms with Crippen LogP contribution in [0.15, 0.2) is 72.8 Å². The molecule has 0 saturated heterocycles. The predicted molar refractivity (Wildman–Crippen MR) is 146 cm³/mol. The molecule has 0 heterocycles. The molecule has 194 valence electrons. The van der Waals surface area contributed by atoms with E-state index in [1.807, 2.05) is 36.4 Å². The number of hydrogen-bond acceptors (Lipinski definition) is 4. The zero-order chi connectivity index (χ0) is 27.2. The van der Waals surface area contributed by atoms with Crippen LogP contribution in [-0.4, -0.2) is 24.3 Å². The summed E-state index contributed by atoms with van der Waals surface area (Å²) >= 11 is 0. The average molecular weight is 502 g/mol. The quantitative estimate of drug-likeness (QED) is 0.396. The Morgan fingerprint density at radius 1 is 0.676 bits per heavy atom. The van der Waals surface area contributed by atoms with Crippen molar-refractivity contribution in [3.05, 3.63) is 95.1 Å². The lowest BCUT2D eigenvalue weighted by Gasteiger charge is -2.22. The maximum absolute atomic E-state index is 12.6. The number of carbonyl (C=O) groups excluding carboxylic acids is 3. The summed E-state index contributed by atoms with van der Waals surface area (Å²) in [4.78, 5) is 37.2. The topological polar surface area (TPSA) is 96.5 Å². The maximum atomic E-state index is 12.6. The number of ether oxygens (including phenoxy) is 1. The molecule has 0 aromatic heterocycles. The summed E-state index contributed by atoms with van der Waals surface area (Å²) in [6, 6.07) is 21.4. The fraction of sp³-hybridized carbons (Fsp3) is 0.300. The molecule has 3 amide bonds. The molecule has 0 saturated carbocycles. The number of hydrogen-bond donors (Lipinski definition) is 3. The molecule has 0 bridgehead atoms. The van der Waals surface area contributed by atoms with Crippen LogP contribution in [0.5, 0.6) is 5.75 Å². The predicted octanol–water partition coefficient (Wildman–Crippen LogP) is 5.37. The van der Waals surface area contributed by atoms with E-state index in [0.29, 0.717) is 22.6 Å². The molecule has 7 heteroatoms. The minimum atomic E-state index is -0.488. The van der Waals surface area contributed by atoms with Gasteiger partial charge in [0.2, 0.25) is 0 Å². The van der Waals surface area contributed by atoms with E-state index in [4.69, 9.17) is 4.74 Å². The fourth-order valence-electron chi connectivity index (χ4n) is 3.62. The monoisotopic (exact) mass is 501 g/mol. The number of para-hydroxylation sites is 1. The molecule has 7 nitrogen and oxygen atoms in total. The van der Waals surface area contributed by atoms with E-state index >= 15 is 0 Å². The van der Waals surface area contributed by atoms with Crippen molar-refractivity contribution in [3.63, 3.8) is 0 Å². The largest absolute Gasteiger partial charge is 0.483 e. The number of hydrazine groups is 1. The number of rotatable bonds is 6. The van der Waals surface area contributed by atoms with Gasteiger partial charge in [0.1, 0.15) is 5.75 Å². The molecule has 0 aliphatic carbocycles. The Hall–Kier alpha value is -4.13. The molecule has 0 fully saturated rings. The number of anilines is 1. The third-order valence-corrected chi connectivity index (χ3v) is 5.79. The van der Waals surface area contributed by atoms with E-state index in [-0.39, 0.29) is 23.3 Å². The Morgan fingerprint density at radius 2 is 1.24 bits per heavy atom. The Balaban J connectivity index is 1.50. The normalized spacial score (nSPS) is 11.4. The summed E-state index contributed by atoms with van der Waals surface area (Å²) in [6.07, 6.45) is 0. The van der Waals surface area contributed by atoms with Gasteiger partial charge in [-0.25, -0.2) is 0 Å². The van der Waals surface area contributed by atoms with Crippen molar-refractivity contribution in [2.45, 2.75) is 52.4 Å². The van der Waals surface area contributed by atoms with Gasteiger partial charge in [-0.2, -0.15) is 0 Å². The summed E-state index contributed by atoms with van der Waals surface area (Å²) in [5.41, 5.74) is 8.17. The van der Waals surface area contributed by atoms with E-state index < -0.39 is 11.8 Å².